The summed E-state index contributed by atoms with van der Waals surface area (Å²) in [5.74, 6) is 0. The van der Waals surface area contributed by atoms with Crippen LogP contribution >= 0.6 is 0 Å². The maximum absolute atomic E-state index is 10.3. The fourth-order valence-electron chi connectivity index (χ4n) is 0.613. The van der Waals surface area contributed by atoms with Gasteiger partial charge in [-0.3, -0.25) is 4.55 Å². The van der Waals surface area contributed by atoms with E-state index in [2.05, 4.69) is 5.32 Å². The predicted molar refractivity (Wildman–Crippen MR) is 31.9 cm³/mol. The lowest BCUT2D eigenvalue weighted by atomic mass is 10.7. The third kappa shape index (κ3) is 1.36. The summed E-state index contributed by atoms with van der Waals surface area (Å²) in [6.07, 6.45) is 0. The first-order chi connectivity index (χ1) is 4.50. The summed E-state index contributed by atoms with van der Waals surface area (Å²) in [6, 6.07) is -0.581. The molecule has 1 fully saturated rings. The van der Waals surface area contributed by atoms with Gasteiger partial charge in [0, 0.05) is 0 Å². The molecule has 1 saturated heterocycles. The van der Waals surface area contributed by atoms with Crippen LogP contribution in [-0.2, 0) is 10.1 Å². The summed E-state index contributed by atoms with van der Waals surface area (Å²) in [5, 5.41) is 3.00. The lowest BCUT2D eigenvalue weighted by molar-refractivity contribution is 0.248. The van der Waals surface area contributed by atoms with E-state index in [0.717, 1.165) is 0 Å². The third-order valence-corrected chi connectivity index (χ3v) is 2.10. The fraction of sp³-hybridized carbons (Fsp3) is 0.667. The van der Waals surface area contributed by atoms with Gasteiger partial charge in [0.05, 0.1) is 6.54 Å². The standard InChI is InChI=1S/C3H6N2O4S/c6-3-4-1-2(5-3)10(7,8)9/h2H,1H2,(H2,4,5,6)(H,7,8,9). The molecule has 1 aliphatic rings. The Morgan fingerprint density at radius 1 is 1.60 bits per heavy atom. The number of urea groups is 1. The Labute approximate surface area is 57.4 Å². The summed E-state index contributed by atoms with van der Waals surface area (Å²) >= 11 is 0. The smallest absolute Gasteiger partial charge is 0.316 e. The topological polar surface area (TPSA) is 95.5 Å². The molecule has 0 bridgehead atoms. The molecule has 58 valence electrons. The highest BCUT2D eigenvalue weighted by atomic mass is 32.2. The molecule has 0 spiro atoms. The molecule has 7 heteroatoms. The van der Waals surface area contributed by atoms with Crippen molar-refractivity contribution in [1.29, 1.82) is 0 Å². The molecule has 1 heterocycles. The SMILES string of the molecule is O=C1NCC(S(=O)(=O)O)N1. The van der Waals surface area contributed by atoms with E-state index in [0.29, 0.717) is 0 Å². The van der Waals surface area contributed by atoms with Crippen LogP contribution in [-0.4, -0.2) is 30.9 Å². The number of hydrogen-bond donors (Lipinski definition) is 3. The van der Waals surface area contributed by atoms with Crippen molar-refractivity contribution in [3.63, 3.8) is 0 Å². The second-order valence-corrected chi connectivity index (χ2v) is 3.46. The zero-order valence-corrected chi connectivity index (χ0v) is 5.68. The zero-order chi connectivity index (χ0) is 7.78. The molecule has 3 N–H and O–H groups in total. The molecule has 0 aromatic rings. The minimum atomic E-state index is -4.13. The number of carbonyl (C=O) groups excluding carboxylic acids is 1. The van der Waals surface area contributed by atoms with E-state index in [-0.39, 0.29) is 6.54 Å². The highest BCUT2D eigenvalue weighted by Crippen LogP contribution is 1.97. The molecular weight excluding hydrogens is 160 g/mol. The summed E-state index contributed by atoms with van der Waals surface area (Å²) in [5.41, 5.74) is 0. The Bertz CT molecular complexity index is 245. The first-order valence-electron chi connectivity index (χ1n) is 2.51. The van der Waals surface area contributed by atoms with Crippen molar-refractivity contribution >= 4 is 16.1 Å². The lowest BCUT2D eigenvalue weighted by Crippen LogP contribution is -2.33. The highest BCUT2D eigenvalue weighted by Gasteiger charge is 2.30. The second kappa shape index (κ2) is 2.10. The van der Waals surface area contributed by atoms with Gasteiger partial charge >= 0.3 is 6.03 Å². The largest absolute Gasteiger partial charge is 0.335 e. The van der Waals surface area contributed by atoms with Crippen molar-refractivity contribution in [2.24, 2.45) is 0 Å². The van der Waals surface area contributed by atoms with Gasteiger partial charge in [-0.15, -0.1) is 0 Å². The molecule has 1 unspecified atom stereocenters. The Balaban J connectivity index is 2.71. The van der Waals surface area contributed by atoms with Crippen LogP contribution in [0.5, 0.6) is 0 Å². The van der Waals surface area contributed by atoms with Crippen molar-refractivity contribution in [1.82, 2.24) is 10.6 Å². The van der Waals surface area contributed by atoms with Gasteiger partial charge in [0.25, 0.3) is 10.1 Å². The number of amides is 2. The monoisotopic (exact) mass is 166 g/mol. The van der Waals surface area contributed by atoms with Crippen LogP contribution in [0, 0.1) is 0 Å². The van der Waals surface area contributed by atoms with E-state index < -0.39 is 21.5 Å². The number of nitrogens with one attached hydrogen (secondary N) is 2. The van der Waals surface area contributed by atoms with Crippen molar-refractivity contribution in [2.75, 3.05) is 6.54 Å². The molecule has 0 aromatic heterocycles. The lowest BCUT2D eigenvalue weighted by Gasteiger charge is -2.01. The average molecular weight is 166 g/mol. The van der Waals surface area contributed by atoms with Crippen LogP contribution < -0.4 is 10.6 Å². The third-order valence-electron chi connectivity index (χ3n) is 1.10. The maximum atomic E-state index is 10.3. The Kier molecular flexibility index (Phi) is 1.53. The van der Waals surface area contributed by atoms with E-state index in [1.165, 1.54) is 0 Å². The van der Waals surface area contributed by atoms with E-state index in [1.807, 2.05) is 5.32 Å². The first kappa shape index (κ1) is 7.29. The Morgan fingerprint density at radius 2 is 2.20 bits per heavy atom. The van der Waals surface area contributed by atoms with Gasteiger partial charge < -0.3 is 10.6 Å². The van der Waals surface area contributed by atoms with Crippen LogP contribution in [0.3, 0.4) is 0 Å². The van der Waals surface area contributed by atoms with Gasteiger partial charge in [0.15, 0.2) is 5.37 Å². The average Bonchev–Trinajstić information content (AvgIpc) is 2.11. The van der Waals surface area contributed by atoms with E-state index in [9.17, 15) is 13.2 Å². The van der Waals surface area contributed by atoms with Crippen LogP contribution in [0.4, 0.5) is 4.79 Å². The molecule has 1 rings (SSSR count). The van der Waals surface area contributed by atoms with E-state index in [4.69, 9.17) is 4.55 Å². The summed E-state index contributed by atoms with van der Waals surface area (Å²) in [6.45, 7) is -0.0856. The van der Waals surface area contributed by atoms with Crippen molar-refractivity contribution in [3.05, 3.63) is 0 Å². The Morgan fingerprint density at radius 3 is 2.40 bits per heavy atom. The van der Waals surface area contributed by atoms with Crippen LogP contribution in [0.15, 0.2) is 0 Å². The molecule has 0 saturated carbocycles. The highest BCUT2D eigenvalue weighted by molar-refractivity contribution is 7.86. The molecule has 6 nitrogen and oxygen atoms in total. The number of carbonyl (C=O) groups is 1. The van der Waals surface area contributed by atoms with E-state index in [1.54, 1.807) is 0 Å². The summed E-state index contributed by atoms with van der Waals surface area (Å²) in [7, 11) is -4.13. The molecule has 1 atom stereocenters. The van der Waals surface area contributed by atoms with Gasteiger partial charge in [0.1, 0.15) is 0 Å². The van der Waals surface area contributed by atoms with Crippen LogP contribution in [0.25, 0.3) is 0 Å². The number of hydrogen-bond acceptors (Lipinski definition) is 3. The van der Waals surface area contributed by atoms with E-state index >= 15 is 0 Å². The molecule has 1 aliphatic heterocycles. The molecule has 2 amide bonds. The predicted octanol–water partition coefficient (Wildman–Crippen LogP) is -1.49. The van der Waals surface area contributed by atoms with Gasteiger partial charge in [-0.25, -0.2) is 4.79 Å². The molecular formula is C3H6N2O4S. The quantitative estimate of drug-likeness (QED) is 0.414. The van der Waals surface area contributed by atoms with Crippen LogP contribution in [0.1, 0.15) is 0 Å². The summed E-state index contributed by atoms with van der Waals surface area (Å²) in [4.78, 5) is 10.3. The van der Waals surface area contributed by atoms with Gasteiger partial charge in [-0.2, -0.15) is 8.42 Å². The van der Waals surface area contributed by atoms with Crippen LogP contribution in [0.2, 0.25) is 0 Å². The van der Waals surface area contributed by atoms with Gasteiger partial charge in [-0.1, -0.05) is 0 Å². The van der Waals surface area contributed by atoms with Crippen molar-refractivity contribution < 1.29 is 17.8 Å². The minimum Gasteiger partial charge on any atom is -0.335 e. The first-order valence-corrected chi connectivity index (χ1v) is 4.01. The van der Waals surface area contributed by atoms with Crippen molar-refractivity contribution in [3.8, 4) is 0 Å². The second-order valence-electron chi connectivity index (χ2n) is 1.86. The molecule has 10 heavy (non-hydrogen) atoms. The Hall–Kier alpha value is -0.820. The normalized spacial score (nSPS) is 25.7. The maximum Gasteiger partial charge on any atom is 0.316 e. The molecule has 0 aromatic carbocycles. The van der Waals surface area contributed by atoms with Crippen molar-refractivity contribution in [2.45, 2.75) is 5.37 Å². The number of rotatable bonds is 1. The fourth-order valence-corrected chi connectivity index (χ4v) is 1.16. The van der Waals surface area contributed by atoms with Gasteiger partial charge in [-0.05, 0) is 0 Å². The zero-order valence-electron chi connectivity index (χ0n) is 4.86. The van der Waals surface area contributed by atoms with Gasteiger partial charge in [0.2, 0.25) is 0 Å². The summed E-state index contributed by atoms with van der Waals surface area (Å²) < 4.78 is 28.9. The molecule has 0 aliphatic carbocycles. The molecule has 0 radical (unpaired) electrons. The minimum absolute atomic E-state index is 0.0856.